The van der Waals surface area contributed by atoms with Gasteiger partial charge in [-0.25, -0.2) is 0 Å². The molecular weight excluding hydrogens is 379 g/mol. The summed E-state index contributed by atoms with van der Waals surface area (Å²) in [7, 11) is 0. The summed E-state index contributed by atoms with van der Waals surface area (Å²) in [6, 6.07) is 13.2. The number of hydrogen-bond acceptors (Lipinski definition) is 3. The van der Waals surface area contributed by atoms with Crippen molar-refractivity contribution >= 4 is 6.21 Å². The predicted molar refractivity (Wildman–Crippen MR) is 110 cm³/mol. The molecule has 0 radical (unpaired) electrons. The van der Waals surface area contributed by atoms with Crippen molar-refractivity contribution in [3.05, 3.63) is 59.7 Å². The van der Waals surface area contributed by atoms with Crippen LogP contribution < -0.4 is 9.47 Å². The number of hydrogen-bond donors (Lipinski definition) is 0. The topological polar surface area (TPSA) is 30.8 Å². The number of halogens is 3. The number of aliphatic imine (C=N–C) groups is 1. The maximum atomic E-state index is 12.2. The van der Waals surface area contributed by atoms with Gasteiger partial charge in [0.1, 0.15) is 18.1 Å². The maximum Gasteiger partial charge on any atom is 0.573 e. The second-order valence-corrected chi connectivity index (χ2v) is 6.96. The minimum absolute atomic E-state index is 0.245. The molecule has 0 N–H and O–H groups in total. The molecule has 6 heteroatoms. The van der Waals surface area contributed by atoms with E-state index in [9.17, 15) is 13.2 Å². The summed E-state index contributed by atoms with van der Waals surface area (Å²) in [5, 5.41) is 0. The van der Waals surface area contributed by atoms with Crippen molar-refractivity contribution in [1.29, 1.82) is 0 Å². The molecule has 1 unspecified atom stereocenters. The van der Waals surface area contributed by atoms with Crippen molar-refractivity contribution in [3.63, 3.8) is 0 Å². The number of benzene rings is 2. The number of nitrogens with zero attached hydrogens (tertiary/aromatic N) is 1. The molecule has 2 aromatic rings. The Hall–Kier alpha value is -2.50. The Bertz CT molecular complexity index is 740. The molecule has 0 fully saturated rings. The summed E-state index contributed by atoms with van der Waals surface area (Å²) in [6.45, 7) is 5.52. The molecule has 0 aliphatic carbocycles. The Morgan fingerprint density at radius 1 is 0.966 bits per heavy atom. The maximum absolute atomic E-state index is 12.2. The Kier molecular flexibility index (Phi) is 9.03. The average molecular weight is 407 g/mol. The van der Waals surface area contributed by atoms with Gasteiger partial charge < -0.3 is 9.47 Å². The fraction of sp³-hybridized carbons (Fsp3) is 0.435. The van der Waals surface area contributed by atoms with Gasteiger partial charge in [-0.1, -0.05) is 45.2 Å². The van der Waals surface area contributed by atoms with Gasteiger partial charge in [0.15, 0.2) is 0 Å². The lowest BCUT2D eigenvalue weighted by Crippen LogP contribution is -2.17. The van der Waals surface area contributed by atoms with Crippen LogP contribution in [0.2, 0.25) is 0 Å². The highest BCUT2D eigenvalue weighted by Crippen LogP contribution is 2.23. The van der Waals surface area contributed by atoms with E-state index in [4.69, 9.17) is 4.74 Å². The molecule has 0 spiro atoms. The molecule has 2 aromatic carbocycles. The Labute approximate surface area is 170 Å². The molecule has 0 bridgehead atoms. The third-order valence-corrected chi connectivity index (χ3v) is 4.59. The molecule has 0 saturated heterocycles. The van der Waals surface area contributed by atoms with Crippen LogP contribution >= 0.6 is 0 Å². The molecule has 0 aromatic heterocycles. The normalized spacial score (nSPS) is 12.9. The smallest absolute Gasteiger partial charge is 0.489 e. The van der Waals surface area contributed by atoms with Gasteiger partial charge in [-0.05, 0) is 59.9 Å². The first-order valence-corrected chi connectivity index (χ1v) is 9.97. The summed E-state index contributed by atoms with van der Waals surface area (Å²) in [6.07, 6.45) is 2.03. The molecule has 1 atom stereocenters. The van der Waals surface area contributed by atoms with Crippen molar-refractivity contribution in [2.75, 3.05) is 6.54 Å². The SMILES string of the molecule is CCCCC(CC)C/N=C/c1ccc(OCc2ccc(OC(F)(F)F)cc2)cc1. The number of unbranched alkanes of at least 4 members (excludes halogenated alkanes) is 1. The lowest BCUT2D eigenvalue weighted by molar-refractivity contribution is -0.274. The number of alkyl halides is 3. The van der Waals surface area contributed by atoms with Crippen LogP contribution in [0.15, 0.2) is 53.5 Å². The fourth-order valence-corrected chi connectivity index (χ4v) is 2.83. The zero-order chi connectivity index (χ0) is 21.1. The molecule has 29 heavy (non-hydrogen) atoms. The van der Waals surface area contributed by atoms with E-state index in [0.717, 1.165) is 24.1 Å². The van der Waals surface area contributed by atoms with Crippen LogP contribution in [0, 0.1) is 5.92 Å². The van der Waals surface area contributed by atoms with E-state index in [2.05, 4.69) is 23.6 Å². The first-order valence-electron chi connectivity index (χ1n) is 9.97. The summed E-state index contributed by atoms with van der Waals surface area (Å²) in [4.78, 5) is 4.56. The first kappa shape index (κ1) is 22.8. The Morgan fingerprint density at radius 2 is 1.62 bits per heavy atom. The van der Waals surface area contributed by atoms with Crippen LogP contribution in [0.4, 0.5) is 13.2 Å². The van der Waals surface area contributed by atoms with E-state index in [1.165, 1.54) is 31.4 Å². The Balaban J connectivity index is 1.80. The molecule has 2 rings (SSSR count). The summed E-state index contributed by atoms with van der Waals surface area (Å²) in [5.41, 5.74) is 1.76. The molecule has 0 heterocycles. The fourth-order valence-electron chi connectivity index (χ4n) is 2.83. The third-order valence-electron chi connectivity index (χ3n) is 4.59. The quantitative estimate of drug-likeness (QED) is 0.384. The first-order chi connectivity index (χ1) is 13.9. The van der Waals surface area contributed by atoms with E-state index < -0.39 is 6.36 Å². The minimum Gasteiger partial charge on any atom is -0.489 e. The van der Waals surface area contributed by atoms with Crippen LogP contribution in [0.1, 0.15) is 50.7 Å². The van der Waals surface area contributed by atoms with Gasteiger partial charge >= 0.3 is 6.36 Å². The molecule has 0 amide bonds. The summed E-state index contributed by atoms with van der Waals surface area (Å²) in [5.74, 6) is 1.08. The highest BCUT2D eigenvalue weighted by Gasteiger charge is 2.30. The van der Waals surface area contributed by atoms with E-state index >= 15 is 0 Å². The summed E-state index contributed by atoms with van der Waals surface area (Å²) >= 11 is 0. The molecular formula is C23H28F3NO2. The molecule has 0 aliphatic rings. The van der Waals surface area contributed by atoms with Crippen molar-refractivity contribution < 1.29 is 22.6 Å². The number of ether oxygens (including phenoxy) is 2. The zero-order valence-corrected chi connectivity index (χ0v) is 16.9. The second-order valence-electron chi connectivity index (χ2n) is 6.96. The van der Waals surface area contributed by atoms with E-state index in [1.807, 2.05) is 30.5 Å². The average Bonchev–Trinajstić information content (AvgIpc) is 2.70. The molecule has 158 valence electrons. The zero-order valence-electron chi connectivity index (χ0n) is 16.9. The van der Waals surface area contributed by atoms with Crippen molar-refractivity contribution in [3.8, 4) is 11.5 Å². The van der Waals surface area contributed by atoms with Gasteiger partial charge in [0.25, 0.3) is 0 Å². The van der Waals surface area contributed by atoms with Crippen molar-refractivity contribution in [2.24, 2.45) is 10.9 Å². The highest BCUT2D eigenvalue weighted by atomic mass is 19.4. The monoisotopic (exact) mass is 407 g/mol. The summed E-state index contributed by atoms with van der Waals surface area (Å²) < 4.78 is 46.1. The van der Waals surface area contributed by atoms with E-state index in [0.29, 0.717) is 11.7 Å². The van der Waals surface area contributed by atoms with Gasteiger partial charge in [-0.3, -0.25) is 4.99 Å². The van der Waals surface area contributed by atoms with Crippen molar-refractivity contribution in [1.82, 2.24) is 0 Å². The highest BCUT2D eigenvalue weighted by molar-refractivity contribution is 5.79. The van der Waals surface area contributed by atoms with Crippen LogP contribution in [0.5, 0.6) is 11.5 Å². The lowest BCUT2D eigenvalue weighted by atomic mass is 10.00. The van der Waals surface area contributed by atoms with Crippen LogP contribution in [0.25, 0.3) is 0 Å². The largest absolute Gasteiger partial charge is 0.573 e. The predicted octanol–water partition coefficient (Wildman–Crippen LogP) is 6.80. The van der Waals surface area contributed by atoms with Gasteiger partial charge in [0.2, 0.25) is 0 Å². The molecule has 0 saturated carbocycles. The molecule has 3 nitrogen and oxygen atoms in total. The third kappa shape index (κ3) is 9.03. The minimum atomic E-state index is -4.68. The van der Waals surface area contributed by atoms with Crippen LogP contribution in [0.3, 0.4) is 0 Å². The van der Waals surface area contributed by atoms with Crippen molar-refractivity contribution in [2.45, 2.75) is 52.5 Å². The van der Waals surface area contributed by atoms with E-state index in [-0.39, 0.29) is 12.4 Å². The molecule has 0 aliphatic heterocycles. The Morgan fingerprint density at radius 3 is 2.21 bits per heavy atom. The standard InChI is InChI=1S/C23H28F3NO2/c1-3-5-6-18(4-2)15-27-16-19-7-11-21(12-8-19)28-17-20-9-13-22(14-10-20)29-23(24,25)26/h7-14,16,18H,3-6,15,17H2,1-2H3/b27-16+. The van der Waals surface area contributed by atoms with E-state index in [1.54, 1.807) is 12.1 Å². The van der Waals surface area contributed by atoms with Gasteiger partial charge in [0, 0.05) is 12.8 Å². The second kappa shape index (κ2) is 11.5. The van der Waals surface area contributed by atoms with Gasteiger partial charge in [-0.15, -0.1) is 13.2 Å². The van der Waals surface area contributed by atoms with Crippen LogP contribution in [-0.2, 0) is 6.61 Å². The van der Waals surface area contributed by atoms with Gasteiger partial charge in [-0.2, -0.15) is 0 Å². The van der Waals surface area contributed by atoms with Gasteiger partial charge in [0.05, 0.1) is 0 Å². The van der Waals surface area contributed by atoms with Crippen LogP contribution in [-0.4, -0.2) is 19.1 Å². The lowest BCUT2D eigenvalue weighted by Gasteiger charge is -2.11. The number of rotatable bonds is 11.